The minimum atomic E-state index is -4.78. The normalized spacial score (nSPS) is 16.5. The van der Waals surface area contributed by atoms with Gasteiger partial charge in [-0.25, -0.2) is 4.79 Å². The number of rotatable bonds is 9. The van der Waals surface area contributed by atoms with E-state index in [4.69, 9.17) is 9.84 Å². The number of ether oxygens (including phenoxy) is 1. The first-order chi connectivity index (χ1) is 16.6. The third-order valence-electron chi connectivity index (χ3n) is 6.60. The third kappa shape index (κ3) is 5.41. The summed E-state index contributed by atoms with van der Waals surface area (Å²) < 4.78 is 45.1. The lowest BCUT2D eigenvalue weighted by Crippen LogP contribution is -2.50. The Labute approximate surface area is 199 Å². The SMILES string of the molecule is O=C(O)CC[C@H](NC(=O)C1(CNC(=O)OCC2c3ccccc3-c3ccccc32)CC1)C(F)(F)F. The second kappa shape index (κ2) is 9.59. The fourth-order valence-corrected chi connectivity index (χ4v) is 4.42. The molecule has 10 heteroatoms. The molecule has 1 atom stereocenters. The van der Waals surface area contributed by atoms with Crippen LogP contribution in [0, 0.1) is 5.41 Å². The average molecular weight is 490 g/mol. The van der Waals surface area contributed by atoms with Gasteiger partial charge in [0.2, 0.25) is 5.91 Å². The predicted molar refractivity (Wildman–Crippen MR) is 120 cm³/mol. The number of alkyl carbamates (subject to hydrolysis) is 1. The molecule has 3 N–H and O–H groups in total. The maximum absolute atomic E-state index is 13.2. The van der Waals surface area contributed by atoms with Gasteiger partial charge in [-0.05, 0) is 41.5 Å². The molecule has 0 unspecified atom stereocenters. The molecule has 35 heavy (non-hydrogen) atoms. The van der Waals surface area contributed by atoms with Crippen LogP contribution in [-0.4, -0.2) is 48.4 Å². The summed E-state index contributed by atoms with van der Waals surface area (Å²) in [6.07, 6.45) is -6.40. The molecule has 2 amide bonds. The number of carbonyl (C=O) groups excluding carboxylic acids is 2. The molecule has 2 aliphatic rings. The Morgan fingerprint density at radius 2 is 1.60 bits per heavy atom. The van der Waals surface area contributed by atoms with Crippen molar-refractivity contribution in [1.29, 1.82) is 0 Å². The van der Waals surface area contributed by atoms with Crippen LogP contribution in [0.4, 0.5) is 18.0 Å². The molecule has 0 saturated heterocycles. The monoisotopic (exact) mass is 490 g/mol. The summed E-state index contributed by atoms with van der Waals surface area (Å²) in [5.41, 5.74) is 3.08. The Balaban J connectivity index is 1.32. The van der Waals surface area contributed by atoms with E-state index >= 15 is 0 Å². The van der Waals surface area contributed by atoms with E-state index < -0.39 is 48.4 Å². The van der Waals surface area contributed by atoms with Crippen LogP contribution in [0.5, 0.6) is 0 Å². The van der Waals surface area contributed by atoms with Gasteiger partial charge in [0.15, 0.2) is 0 Å². The van der Waals surface area contributed by atoms with Crippen molar-refractivity contribution in [3.63, 3.8) is 0 Å². The molecule has 0 radical (unpaired) electrons. The highest BCUT2D eigenvalue weighted by Gasteiger charge is 2.52. The zero-order valence-corrected chi connectivity index (χ0v) is 18.7. The predicted octanol–water partition coefficient (Wildman–Crippen LogP) is 4.22. The summed E-state index contributed by atoms with van der Waals surface area (Å²) in [5, 5.41) is 13.1. The van der Waals surface area contributed by atoms with E-state index in [1.54, 1.807) is 0 Å². The zero-order chi connectivity index (χ0) is 25.2. The van der Waals surface area contributed by atoms with E-state index in [-0.39, 0.29) is 19.1 Å². The van der Waals surface area contributed by atoms with E-state index in [0.717, 1.165) is 22.3 Å². The van der Waals surface area contributed by atoms with E-state index in [1.165, 1.54) is 0 Å². The molecule has 2 aromatic rings. The maximum atomic E-state index is 13.2. The van der Waals surface area contributed by atoms with Gasteiger partial charge in [-0.3, -0.25) is 9.59 Å². The highest BCUT2D eigenvalue weighted by atomic mass is 19.4. The number of halogens is 3. The van der Waals surface area contributed by atoms with Gasteiger partial charge in [-0.1, -0.05) is 48.5 Å². The van der Waals surface area contributed by atoms with Gasteiger partial charge in [-0.15, -0.1) is 0 Å². The number of amides is 2. The number of hydrogen-bond donors (Lipinski definition) is 3. The first kappa shape index (κ1) is 24.6. The van der Waals surface area contributed by atoms with E-state index in [1.807, 2.05) is 53.8 Å². The zero-order valence-electron chi connectivity index (χ0n) is 18.7. The van der Waals surface area contributed by atoms with E-state index in [0.29, 0.717) is 12.8 Å². The molecule has 0 spiro atoms. The molecule has 2 aliphatic carbocycles. The number of carboxylic acids is 1. The fraction of sp³-hybridized carbons (Fsp3) is 0.400. The van der Waals surface area contributed by atoms with Gasteiger partial charge in [0.1, 0.15) is 12.6 Å². The number of fused-ring (bicyclic) bond motifs is 3. The van der Waals surface area contributed by atoms with Gasteiger partial charge < -0.3 is 20.5 Å². The number of nitrogens with one attached hydrogen (secondary N) is 2. The minimum Gasteiger partial charge on any atom is -0.481 e. The van der Waals surface area contributed by atoms with Crippen molar-refractivity contribution in [2.45, 2.75) is 43.8 Å². The molecule has 1 fully saturated rings. The van der Waals surface area contributed by atoms with Gasteiger partial charge in [0.25, 0.3) is 0 Å². The molecule has 0 heterocycles. The van der Waals surface area contributed by atoms with Crippen LogP contribution in [-0.2, 0) is 14.3 Å². The molecular weight excluding hydrogens is 465 g/mol. The van der Waals surface area contributed by atoms with Crippen molar-refractivity contribution in [3.05, 3.63) is 59.7 Å². The smallest absolute Gasteiger partial charge is 0.408 e. The summed E-state index contributed by atoms with van der Waals surface area (Å²) in [7, 11) is 0. The van der Waals surface area contributed by atoms with E-state index in [9.17, 15) is 27.6 Å². The molecule has 0 aliphatic heterocycles. The molecule has 2 aromatic carbocycles. The molecule has 4 rings (SSSR count). The van der Waals surface area contributed by atoms with Crippen molar-refractivity contribution in [3.8, 4) is 11.1 Å². The fourth-order valence-electron chi connectivity index (χ4n) is 4.42. The second-order valence-electron chi connectivity index (χ2n) is 8.96. The maximum Gasteiger partial charge on any atom is 0.408 e. The van der Waals surface area contributed by atoms with Gasteiger partial charge >= 0.3 is 18.2 Å². The van der Waals surface area contributed by atoms with Crippen molar-refractivity contribution in [2.24, 2.45) is 5.41 Å². The number of carbonyl (C=O) groups is 3. The van der Waals surface area contributed by atoms with Crippen molar-refractivity contribution >= 4 is 18.0 Å². The van der Waals surface area contributed by atoms with Crippen LogP contribution in [0.25, 0.3) is 11.1 Å². The van der Waals surface area contributed by atoms with Crippen LogP contribution in [0.15, 0.2) is 48.5 Å². The van der Waals surface area contributed by atoms with Crippen molar-refractivity contribution < 1.29 is 37.4 Å². The van der Waals surface area contributed by atoms with Crippen molar-refractivity contribution in [1.82, 2.24) is 10.6 Å². The highest BCUT2D eigenvalue weighted by molar-refractivity contribution is 5.86. The lowest BCUT2D eigenvalue weighted by atomic mass is 9.98. The molecular formula is C25H25F3N2O5. The standard InChI is InChI=1S/C25H25F3N2O5/c26-25(27,28)20(9-10-21(31)32)30-22(33)24(11-12-24)14-29-23(34)35-13-19-17-7-3-1-5-15(17)16-6-2-4-8-18(16)19/h1-8,19-20H,9-14H2,(H,29,34)(H,30,33)(H,31,32)/t20-/m0/s1. The van der Waals surface area contributed by atoms with Gasteiger partial charge in [-0.2, -0.15) is 13.2 Å². The Hall–Kier alpha value is -3.56. The summed E-state index contributed by atoms with van der Waals surface area (Å²) in [6.45, 7) is -0.0938. The summed E-state index contributed by atoms with van der Waals surface area (Å²) in [5.74, 6) is -2.39. The lowest BCUT2D eigenvalue weighted by molar-refractivity contribution is -0.166. The Kier molecular flexibility index (Phi) is 6.73. The molecule has 0 bridgehead atoms. The molecule has 0 aromatic heterocycles. The van der Waals surface area contributed by atoms with Crippen molar-refractivity contribution in [2.75, 3.05) is 13.2 Å². The van der Waals surface area contributed by atoms with Gasteiger partial charge in [0, 0.05) is 18.9 Å². The highest BCUT2D eigenvalue weighted by Crippen LogP contribution is 2.46. The van der Waals surface area contributed by atoms with Crippen LogP contribution in [0.2, 0.25) is 0 Å². The Morgan fingerprint density at radius 1 is 1.03 bits per heavy atom. The molecule has 7 nitrogen and oxygen atoms in total. The van der Waals surface area contributed by atoms with Crippen LogP contribution < -0.4 is 10.6 Å². The number of benzene rings is 2. The van der Waals surface area contributed by atoms with Crippen LogP contribution >= 0.6 is 0 Å². The second-order valence-corrected chi connectivity index (χ2v) is 8.96. The van der Waals surface area contributed by atoms with Crippen LogP contribution in [0.3, 0.4) is 0 Å². The summed E-state index contributed by atoms with van der Waals surface area (Å²) in [6, 6.07) is 13.4. The number of hydrogen-bond acceptors (Lipinski definition) is 4. The number of carboxylic acid groups (broad SMARTS) is 1. The quantitative estimate of drug-likeness (QED) is 0.488. The first-order valence-electron chi connectivity index (χ1n) is 11.3. The first-order valence-corrected chi connectivity index (χ1v) is 11.3. The van der Waals surface area contributed by atoms with E-state index in [2.05, 4.69) is 5.32 Å². The number of alkyl halides is 3. The van der Waals surface area contributed by atoms with Gasteiger partial charge in [0.05, 0.1) is 5.41 Å². The van der Waals surface area contributed by atoms with Crippen LogP contribution in [0.1, 0.15) is 42.7 Å². The molecule has 1 saturated carbocycles. The Bertz CT molecular complexity index is 1080. The lowest BCUT2D eigenvalue weighted by Gasteiger charge is -2.24. The average Bonchev–Trinajstić information content (AvgIpc) is 3.55. The third-order valence-corrected chi connectivity index (χ3v) is 6.60. The largest absolute Gasteiger partial charge is 0.481 e. The summed E-state index contributed by atoms with van der Waals surface area (Å²) >= 11 is 0. The number of aliphatic carboxylic acids is 1. The summed E-state index contributed by atoms with van der Waals surface area (Å²) in [4.78, 5) is 35.6. The minimum absolute atomic E-state index is 0.0738. The molecule has 186 valence electrons. The Morgan fingerprint density at radius 3 is 2.11 bits per heavy atom. The topological polar surface area (TPSA) is 105 Å².